The van der Waals surface area contributed by atoms with Crippen LogP contribution in [0.15, 0.2) is 36.4 Å². The van der Waals surface area contributed by atoms with Crippen LogP contribution in [0.4, 0.5) is 0 Å². The summed E-state index contributed by atoms with van der Waals surface area (Å²) in [6.07, 6.45) is 14.8. The number of Topliss-reactive ketones (excluding diaryl/α,β-unsaturated/α-hetero) is 3. The number of rotatable bonds is 28. The fraction of sp³-hybridized carbons (Fsp3) is 0.648. The Labute approximate surface area is 410 Å². The van der Waals surface area contributed by atoms with Gasteiger partial charge in [0.2, 0.25) is 23.6 Å². The summed E-state index contributed by atoms with van der Waals surface area (Å²) in [6.45, 7) is 6.64. The number of nitrogens with one attached hydrogen (secondary N) is 2. The number of carbonyl (C=O) groups is 7. The van der Waals surface area contributed by atoms with E-state index in [2.05, 4.69) is 17.6 Å². The SMILES string of the molecule is CCCCCCCCCCCCCC(=O)C[C@@H](CCCCN)C(=O)N(C)[C@@H]1C(=O)C[C@@H](C)C(=O)N[C@H](C(=O)C[C@@H](C)C(=O)N(C)[C@H]2CCNC2=O)Cc2ccc(O)c(c2)-c2cc1ccc2OCCN. The summed E-state index contributed by atoms with van der Waals surface area (Å²) in [5.74, 6) is -4.66. The highest BCUT2D eigenvalue weighted by atomic mass is 16.5. The average Bonchev–Trinajstić information content (AvgIpc) is 3.77. The molecule has 2 aromatic rings. The van der Waals surface area contributed by atoms with Gasteiger partial charge >= 0.3 is 0 Å². The van der Waals surface area contributed by atoms with E-state index in [1.54, 1.807) is 58.3 Å². The number of ether oxygens (including phenoxy) is 1. The summed E-state index contributed by atoms with van der Waals surface area (Å²) >= 11 is 0. The lowest BCUT2D eigenvalue weighted by atomic mass is 9.87. The van der Waals surface area contributed by atoms with Crippen LogP contribution in [-0.4, -0.2) is 108 Å². The number of unbranched alkanes of at least 4 members (excludes halogenated alkanes) is 11. The van der Waals surface area contributed by atoms with Gasteiger partial charge < -0.3 is 41.7 Å². The molecule has 4 amide bonds. The highest BCUT2D eigenvalue weighted by molar-refractivity contribution is 5.97. The number of nitrogens with two attached hydrogens (primary N) is 2. The van der Waals surface area contributed by atoms with Crippen molar-refractivity contribution in [1.29, 1.82) is 0 Å². The van der Waals surface area contributed by atoms with Crippen LogP contribution in [0.3, 0.4) is 0 Å². The zero-order valence-corrected chi connectivity index (χ0v) is 42.2. The fourth-order valence-corrected chi connectivity index (χ4v) is 9.68. The molecule has 6 atom stereocenters. The van der Waals surface area contributed by atoms with Gasteiger partial charge in [-0.1, -0.05) is 104 Å². The molecule has 1 fully saturated rings. The summed E-state index contributed by atoms with van der Waals surface area (Å²) < 4.78 is 6.07. The van der Waals surface area contributed by atoms with E-state index in [1.165, 1.54) is 60.8 Å². The molecule has 0 aliphatic carbocycles. The number of hydrogen-bond donors (Lipinski definition) is 5. The van der Waals surface area contributed by atoms with Crippen LogP contribution in [0.2, 0.25) is 0 Å². The first-order chi connectivity index (χ1) is 33.1. The lowest BCUT2D eigenvalue weighted by Crippen LogP contribution is -2.48. The smallest absolute Gasteiger partial charge is 0.242 e. The van der Waals surface area contributed by atoms with E-state index in [0.29, 0.717) is 73.2 Å². The molecular formula is C54H82N6O9. The molecule has 4 rings (SSSR count). The number of amides is 4. The van der Waals surface area contributed by atoms with E-state index < -0.39 is 53.4 Å². The van der Waals surface area contributed by atoms with Crippen molar-refractivity contribution in [2.24, 2.45) is 29.2 Å². The minimum absolute atomic E-state index is 0.00235. The number of nitrogens with zero attached hydrogens (tertiary/aromatic N) is 2. The molecular weight excluding hydrogens is 877 g/mol. The summed E-state index contributed by atoms with van der Waals surface area (Å²) in [7, 11) is 3.09. The number of ketones is 3. The number of hydrogen-bond acceptors (Lipinski definition) is 11. The summed E-state index contributed by atoms with van der Waals surface area (Å²) in [4.78, 5) is 99.9. The third-order valence-electron chi connectivity index (χ3n) is 13.8. The number of carbonyl (C=O) groups excluding carboxylic acids is 7. The van der Waals surface area contributed by atoms with Crippen LogP contribution in [-0.2, 0) is 40.0 Å². The molecule has 0 radical (unpaired) electrons. The number of fused-ring (bicyclic) bond motifs is 5. The van der Waals surface area contributed by atoms with Crippen molar-refractivity contribution in [3.63, 3.8) is 0 Å². The zero-order chi connectivity index (χ0) is 50.5. The molecule has 0 spiro atoms. The molecule has 7 N–H and O–H groups in total. The van der Waals surface area contributed by atoms with Gasteiger partial charge in [0.05, 0.1) is 6.04 Å². The maximum atomic E-state index is 14.8. The molecule has 1 saturated heterocycles. The third-order valence-corrected chi connectivity index (χ3v) is 13.8. The van der Waals surface area contributed by atoms with Crippen molar-refractivity contribution in [2.45, 2.75) is 167 Å². The second-order valence-electron chi connectivity index (χ2n) is 19.6. The average molecular weight is 959 g/mol. The van der Waals surface area contributed by atoms with Gasteiger partial charge in [0.1, 0.15) is 36.0 Å². The molecule has 69 heavy (non-hydrogen) atoms. The van der Waals surface area contributed by atoms with E-state index in [1.807, 2.05) is 0 Å². The van der Waals surface area contributed by atoms with Crippen LogP contribution in [0, 0.1) is 17.8 Å². The number of phenols is 1. The van der Waals surface area contributed by atoms with Crippen LogP contribution < -0.4 is 26.8 Å². The van der Waals surface area contributed by atoms with E-state index >= 15 is 0 Å². The van der Waals surface area contributed by atoms with Crippen molar-refractivity contribution in [3.8, 4) is 22.6 Å². The predicted octanol–water partition coefficient (Wildman–Crippen LogP) is 6.88. The van der Waals surface area contributed by atoms with Gasteiger partial charge in [-0.15, -0.1) is 0 Å². The summed E-state index contributed by atoms with van der Waals surface area (Å²) in [6, 6.07) is 6.91. The molecule has 0 unspecified atom stereocenters. The Morgan fingerprint density at radius 3 is 2.10 bits per heavy atom. The number of aromatic hydroxyl groups is 1. The minimum Gasteiger partial charge on any atom is -0.507 e. The Bertz CT molecular complexity index is 2040. The molecule has 15 nitrogen and oxygen atoms in total. The predicted molar refractivity (Wildman–Crippen MR) is 268 cm³/mol. The number of benzene rings is 2. The highest BCUT2D eigenvalue weighted by Gasteiger charge is 2.37. The molecule has 2 aliphatic heterocycles. The van der Waals surface area contributed by atoms with Gasteiger partial charge in [-0.2, -0.15) is 0 Å². The van der Waals surface area contributed by atoms with Crippen molar-refractivity contribution >= 4 is 41.0 Å². The molecule has 2 aromatic carbocycles. The Morgan fingerprint density at radius 2 is 1.46 bits per heavy atom. The first-order valence-electron chi connectivity index (χ1n) is 25.8. The quantitative estimate of drug-likeness (QED) is 0.0552. The molecule has 0 aromatic heterocycles. The van der Waals surface area contributed by atoms with E-state index in [0.717, 1.165) is 25.7 Å². The van der Waals surface area contributed by atoms with Crippen molar-refractivity contribution in [1.82, 2.24) is 20.4 Å². The van der Waals surface area contributed by atoms with Crippen molar-refractivity contribution in [2.75, 3.05) is 40.3 Å². The molecule has 382 valence electrons. The van der Waals surface area contributed by atoms with Crippen molar-refractivity contribution in [3.05, 3.63) is 47.5 Å². The maximum absolute atomic E-state index is 14.8. The zero-order valence-electron chi connectivity index (χ0n) is 42.2. The van der Waals surface area contributed by atoms with Gasteiger partial charge in [-0.05, 0) is 74.0 Å². The van der Waals surface area contributed by atoms with Crippen LogP contribution >= 0.6 is 0 Å². The highest BCUT2D eigenvalue weighted by Crippen LogP contribution is 2.40. The fourth-order valence-electron chi connectivity index (χ4n) is 9.68. The van der Waals surface area contributed by atoms with Crippen LogP contribution in [0.25, 0.3) is 11.1 Å². The van der Waals surface area contributed by atoms with Crippen LogP contribution in [0.5, 0.6) is 11.5 Å². The number of phenolic OH excluding ortho intramolecular Hbond substituents is 1. The number of likely N-dealkylation sites (N-methyl/N-ethyl adjacent to an activating group) is 2. The standard InChI is InChI=1S/C54H82N6O9/c1-6-7-8-9-10-11-12-13-14-15-16-20-41(61)34-40(19-17-18-26-55)54(68)60(5)50-39-22-24-49(69-29-27-56)43(35-39)42-32-38(21-23-46(42)62)33-44(58-51(65)36(2)30-48(50)64)47(63)31-37(3)53(67)59(4)45-25-28-57-52(45)66/h21-24,32,35-37,40,44-45,50,62H,6-20,25-31,33-34,55-56H2,1-5H3,(H,57,66)(H,58,65)/t36-,37-,40-,44+,45+,50+/m1/s1. The second kappa shape index (κ2) is 29.1. The summed E-state index contributed by atoms with van der Waals surface area (Å²) in [5.41, 5.74) is 13.4. The van der Waals surface area contributed by atoms with E-state index in [4.69, 9.17) is 16.2 Å². The Balaban J connectivity index is 1.62. The van der Waals surface area contributed by atoms with E-state index in [-0.39, 0.29) is 68.1 Å². The van der Waals surface area contributed by atoms with E-state index in [9.17, 15) is 38.7 Å². The molecule has 15 heteroatoms. The largest absolute Gasteiger partial charge is 0.507 e. The van der Waals surface area contributed by atoms with Gasteiger partial charge in [0.15, 0.2) is 11.6 Å². The lowest BCUT2D eigenvalue weighted by Gasteiger charge is -2.32. The molecule has 4 bridgehead atoms. The first kappa shape index (κ1) is 56.4. The Morgan fingerprint density at radius 1 is 0.783 bits per heavy atom. The topological polar surface area (TPSA) is 232 Å². The Hall–Kier alpha value is -5.15. The summed E-state index contributed by atoms with van der Waals surface area (Å²) in [5, 5.41) is 17.0. The molecule has 2 aliphatic rings. The Kier molecular flexibility index (Phi) is 23.8. The van der Waals surface area contributed by atoms with Gasteiger partial charge in [0, 0.05) is 81.7 Å². The second-order valence-corrected chi connectivity index (χ2v) is 19.6. The van der Waals surface area contributed by atoms with Crippen LogP contribution in [0.1, 0.15) is 160 Å². The van der Waals surface area contributed by atoms with Crippen molar-refractivity contribution < 1.29 is 43.4 Å². The third kappa shape index (κ3) is 17.0. The lowest BCUT2D eigenvalue weighted by molar-refractivity contribution is -0.144. The van der Waals surface area contributed by atoms with Gasteiger partial charge in [-0.3, -0.25) is 33.6 Å². The normalized spacial score (nSPS) is 19.2. The monoisotopic (exact) mass is 959 g/mol. The minimum atomic E-state index is -1.20. The first-order valence-corrected chi connectivity index (χ1v) is 25.8. The molecule has 2 heterocycles. The van der Waals surface area contributed by atoms with Gasteiger partial charge in [0.25, 0.3) is 0 Å². The van der Waals surface area contributed by atoms with Gasteiger partial charge in [-0.25, -0.2) is 0 Å². The maximum Gasteiger partial charge on any atom is 0.242 e. The molecule has 0 saturated carbocycles.